The smallest absolute Gasteiger partial charge is 0.455 e. The number of phenols is 1. The molecule has 0 saturated carbocycles. The molecule has 6 nitrogen and oxygen atoms in total. The number of nitrogens with zero attached hydrogens (tertiary/aromatic N) is 1. The molecule has 4 atom stereocenters. The molecule has 2 aliphatic heterocycles. The Kier molecular flexibility index (Phi) is 7.82. The van der Waals surface area contributed by atoms with E-state index in [2.05, 4.69) is 26.8 Å². The Morgan fingerprint density at radius 1 is 1.19 bits per heavy atom. The number of hydrogen-bond donors (Lipinski definition) is 2. The topological polar surface area (TPSA) is 87.1 Å². The van der Waals surface area contributed by atoms with E-state index in [4.69, 9.17) is 4.65 Å². The van der Waals surface area contributed by atoms with Crippen LogP contribution in [0.25, 0.3) is 6.08 Å². The van der Waals surface area contributed by atoms with Gasteiger partial charge >= 0.3 is 7.12 Å². The number of aromatic hydroxyl groups is 1. The predicted octanol–water partition coefficient (Wildman–Crippen LogP) is 5.06. The lowest BCUT2D eigenvalue weighted by atomic mass is 9.57. The Morgan fingerprint density at radius 2 is 1.86 bits per heavy atom. The molecule has 2 fully saturated rings. The van der Waals surface area contributed by atoms with Gasteiger partial charge in [-0.3, -0.25) is 14.5 Å². The lowest BCUT2D eigenvalue weighted by Gasteiger charge is -2.44. The number of allylic oxidation sites excluding steroid dienone is 2. The van der Waals surface area contributed by atoms with E-state index in [0.29, 0.717) is 31.5 Å². The molecule has 7 heteroatoms. The van der Waals surface area contributed by atoms with Crippen molar-refractivity contribution in [2.24, 2.45) is 23.7 Å². The molecule has 3 aliphatic rings. The summed E-state index contributed by atoms with van der Waals surface area (Å²) in [6.07, 6.45) is 5.06. The molecule has 0 unspecified atom stereocenters. The van der Waals surface area contributed by atoms with Crippen LogP contribution in [0.1, 0.15) is 70.1 Å². The van der Waals surface area contributed by atoms with E-state index in [1.807, 2.05) is 32.9 Å². The third-order valence-electron chi connectivity index (χ3n) is 8.21. The van der Waals surface area contributed by atoms with Gasteiger partial charge in [0, 0.05) is 6.54 Å². The van der Waals surface area contributed by atoms with Gasteiger partial charge < -0.3 is 14.8 Å². The molecule has 194 valence electrons. The number of imide groups is 1. The molecule has 1 aromatic rings. The number of fused-ring (bicyclic) bond motifs is 3. The van der Waals surface area contributed by atoms with Crippen molar-refractivity contribution in [2.45, 2.75) is 79.6 Å². The molecule has 1 aromatic carbocycles. The largest absolute Gasteiger partial charge is 0.507 e. The minimum absolute atomic E-state index is 0.0418. The quantitative estimate of drug-likeness (QED) is 0.315. The summed E-state index contributed by atoms with van der Waals surface area (Å²) in [6, 6.07) is 3.96. The monoisotopic (exact) mass is 493 g/mol. The number of phenolic OH excluding ortho intramolecular Hbond substituents is 1. The summed E-state index contributed by atoms with van der Waals surface area (Å²) in [7, 11) is -0.939. The molecule has 0 radical (unpaired) electrons. The molecule has 0 bridgehead atoms. The first kappa shape index (κ1) is 26.7. The average molecular weight is 493 g/mol. The van der Waals surface area contributed by atoms with Gasteiger partial charge in [-0.15, -0.1) is 0 Å². The van der Waals surface area contributed by atoms with E-state index >= 15 is 0 Å². The van der Waals surface area contributed by atoms with Crippen molar-refractivity contribution in [1.82, 2.24) is 4.90 Å². The number of aryl methyl sites for hydroxylation is 2. The second-order valence-electron chi connectivity index (χ2n) is 11.3. The fourth-order valence-corrected chi connectivity index (χ4v) is 6.55. The van der Waals surface area contributed by atoms with Gasteiger partial charge in [0.25, 0.3) is 0 Å². The second-order valence-corrected chi connectivity index (χ2v) is 11.3. The number of benzene rings is 1. The number of rotatable bonds is 7. The van der Waals surface area contributed by atoms with Gasteiger partial charge in [-0.2, -0.15) is 0 Å². The van der Waals surface area contributed by atoms with Crippen LogP contribution in [0.5, 0.6) is 5.75 Å². The Bertz CT molecular complexity index is 1080. The molecule has 4 rings (SSSR count). The minimum Gasteiger partial charge on any atom is -0.507 e. The average Bonchev–Trinajstić information content (AvgIpc) is 3.05. The fourth-order valence-electron chi connectivity index (χ4n) is 6.55. The van der Waals surface area contributed by atoms with Crippen molar-refractivity contribution < 1.29 is 24.4 Å². The van der Waals surface area contributed by atoms with Crippen molar-refractivity contribution in [3.05, 3.63) is 45.5 Å². The summed E-state index contributed by atoms with van der Waals surface area (Å²) in [6.45, 7) is 12.6. The highest BCUT2D eigenvalue weighted by Crippen LogP contribution is 2.52. The molecule has 0 aromatic heterocycles. The van der Waals surface area contributed by atoms with E-state index < -0.39 is 7.12 Å². The lowest BCUT2D eigenvalue weighted by molar-refractivity contribution is -0.140. The normalized spacial score (nSPS) is 26.7. The standard InChI is InChI=1S/C29H40BNO5/c1-7-10-31-28(33)22-14-21(16(2)3)25-23(26(22)29(31)34)15-30(35)36-24(25)9-8-17(4)11-20-12-18(5)27(32)19(6)13-20/h11-13,16,22-24,26,32,35H,7-10,14-15H2,1-6H3/b17-11+/t22-,23+,24-,26-/m1/s1. The van der Waals surface area contributed by atoms with Crippen LogP contribution >= 0.6 is 0 Å². The van der Waals surface area contributed by atoms with Gasteiger partial charge in [-0.05, 0) is 99.0 Å². The first-order valence-corrected chi connectivity index (χ1v) is 13.4. The van der Waals surface area contributed by atoms with Crippen LogP contribution in [0.15, 0.2) is 28.9 Å². The SMILES string of the molecule is CCCN1C(=O)[C@@H]2[C@@H](CC(C(C)C)=C3[C@@H](CC/C(C)=C/c4cc(C)c(O)c(C)c4)OB(O)C[C@@H]32)C1=O. The Balaban J connectivity index is 1.60. The highest BCUT2D eigenvalue weighted by atomic mass is 16.5. The van der Waals surface area contributed by atoms with Gasteiger partial charge in [0.15, 0.2) is 0 Å². The molecule has 2 amide bonds. The Hall–Kier alpha value is -2.38. The maximum atomic E-state index is 13.4. The Morgan fingerprint density at radius 3 is 2.47 bits per heavy atom. The predicted molar refractivity (Wildman–Crippen MR) is 142 cm³/mol. The van der Waals surface area contributed by atoms with Crippen molar-refractivity contribution in [3.8, 4) is 5.75 Å². The van der Waals surface area contributed by atoms with Crippen molar-refractivity contribution in [1.29, 1.82) is 0 Å². The van der Waals surface area contributed by atoms with Crippen LogP contribution in [0.3, 0.4) is 0 Å². The summed E-state index contributed by atoms with van der Waals surface area (Å²) in [5.41, 5.74) is 6.32. The van der Waals surface area contributed by atoms with Crippen LogP contribution in [0.4, 0.5) is 0 Å². The number of likely N-dealkylation sites (tertiary alicyclic amines) is 1. The first-order chi connectivity index (χ1) is 17.0. The van der Waals surface area contributed by atoms with Crippen molar-refractivity contribution >= 4 is 25.0 Å². The van der Waals surface area contributed by atoms with E-state index in [1.54, 1.807) is 0 Å². The number of carbonyl (C=O) groups excluding carboxylic acids is 2. The highest BCUT2D eigenvalue weighted by Gasteiger charge is 2.57. The summed E-state index contributed by atoms with van der Waals surface area (Å²) in [4.78, 5) is 28.0. The Labute approximate surface area is 215 Å². The van der Waals surface area contributed by atoms with E-state index in [9.17, 15) is 19.7 Å². The number of hydrogen-bond acceptors (Lipinski definition) is 5. The third-order valence-corrected chi connectivity index (χ3v) is 8.21. The molecule has 1 aliphatic carbocycles. The van der Waals surface area contributed by atoms with E-state index in [0.717, 1.165) is 35.1 Å². The number of amides is 2. The molecule has 36 heavy (non-hydrogen) atoms. The zero-order chi connectivity index (χ0) is 26.3. The van der Waals surface area contributed by atoms with Crippen LogP contribution in [-0.4, -0.2) is 46.6 Å². The van der Waals surface area contributed by atoms with Gasteiger partial charge in [0.05, 0.1) is 17.9 Å². The second kappa shape index (κ2) is 10.5. The first-order valence-electron chi connectivity index (χ1n) is 13.4. The van der Waals surface area contributed by atoms with Crippen molar-refractivity contribution in [3.63, 3.8) is 0 Å². The van der Waals surface area contributed by atoms with Crippen LogP contribution < -0.4 is 0 Å². The molecular formula is C29H40BNO5. The van der Waals surface area contributed by atoms with Gasteiger partial charge in [-0.25, -0.2) is 0 Å². The molecular weight excluding hydrogens is 453 g/mol. The van der Waals surface area contributed by atoms with Gasteiger partial charge in [-0.1, -0.05) is 38.0 Å². The van der Waals surface area contributed by atoms with Gasteiger partial charge in [0.1, 0.15) is 5.75 Å². The van der Waals surface area contributed by atoms with Gasteiger partial charge in [0.2, 0.25) is 11.8 Å². The molecule has 2 heterocycles. The highest BCUT2D eigenvalue weighted by molar-refractivity contribution is 6.43. The van der Waals surface area contributed by atoms with E-state index in [-0.39, 0.29) is 41.6 Å². The minimum atomic E-state index is -0.939. The summed E-state index contributed by atoms with van der Waals surface area (Å²) >= 11 is 0. The third kappa shape index (κ3) is 4.92. The van der Waals surface area contributed by atoms with Crippen LogP contribution in [-0.2, 0) is 14.2 Å². The fraction of sp³-hybridized carbons (Fsp3) is 0.586. The van der Waals surface area contributed by atoms with Crippen LogP contribution in [0.2, 0.25) is 6.32 Å². The van der Waals surface area contributed by atoms with Crippen molar-refractivity contribution in [2.75, 3.05) is 6.54 Å². The maximum Gasteiger partial charge on any atom is 0.455 e. The molecule has 0 spiro atoms. The summed E-state index contributed by atoms with van der Waals surface area (Å²) < 4.78 is 6.10. The molecule has 2 N–H and O–H groups in total. The zero-order valence-electron chi connectivity index (χ0n) is 22.5. The van der Waals surface area contributed by atoms with Crippen LogP contribution in [0, 0.1) is 37.5 Å². The lowest BCUT2D eigenvalue weighted by Crippen LogP contribution is -2.46. The maximum absolute atomic E-state index is 13.4. The zero-order valence-corrected chi connectivity index (χ0v) is 22.5. The molecule has 2 saturated heterocycles. The van der Waals surface area contributed by atoms with E-state index in [1.165, 1.54) is 16.0 Å². The number of carbonyl (C=O) groups is 2. The summed E-state index contributed by atoms with van der Waals surface area (Å²) in [5, 5.41) is 20.8. The summed E-state index contributed by atoms with van der Waals surface area (Å²) in [5.74, 6) is -0.390.